The lowest BCUT2D eigenvalue weighted by Gasteiger charge is -2.36. The smallest absolute Gasteiger partial charge is 0.225 e. The van der Waals surface area contributed by atoms with Gasteiger partial charge in [0.2, 0.25) is 5.95 Å². The van der Waals surface area contributed by atoms with Gasteiger partial charge in [-0.25, -0.2) is 9.97 Å². The molecule has 0 atom stereocenters. The lowest BCUT2D eigenvalue weighted by Crippen LogP contribution is -2.47. The zero-order chi connectivity index (χ0) is 20.2. The molecule has 2 saturated heterocycles. The maximum atomic E-state index is 4.72. The van der Waals surface area contributed by atoms with Crippen LogP contribution in [-0.2, 0) is 0 Å². The molecule has 0 unspecified atom stereocenters. The maximum Gasteiger partial charge on any atom is 0.225 e. The molecule has 0 amide bonds. The molecule has 8 heteroatoms. The molecule has 1 N–H and O–H groups in total. The molecule has 0 radical (unpaired) electrons. The summed E-state index contributed by atoms with van der Waals surface area (Å²) < 4.78 is 0. The number of rotatable bonds is 4. The monoisotopic (exact) mass is 402 g/mol. The predicted molar refractivity (Wildman–Crippen MR) is 119 cm³/mol. The molecule has 0 saturated carbocycles. The van der Waals surface area contributed by atoms with E-state index in [1.807, 2.05) is 12.1 Å². The van der Waals surface area contributed by atoms with Crippen LogP contribution in [0.1, 0.15) is 0 Å². The minimum atomic E-state index is 0.792. The van der Waals surface area contributed by atoms with E-state index >= 15 is 0 Å². The predicted octanol–water partition coefficient (Wildman–Crippen LogP) is 1.67. The summed E-state index contributed by atoms with van der Waals surface area (Å²) in [5.41, 5.74) is 2.32. The van der Waals surface area contributed by atoms with Gasteiger partial charge in [-0.05, 0) is 17.7 Å². The van der Waals surface area contributed by atoms with Crippen molar-refractivity contribution in [3.8, 4) is 11.1 Å². The summed E-state index contributed by atoms with van der Waals surface area (Å²) in [6, 6.07) is 14.6. The molecule has 4 heterocycles. The maximum absolute atomic E-state index is 4.72. The Hall–Kier alpha value is -3.26. The highest BCUT2D eigenvalue weighted by Crippen LogP contribution is 2.32. The third kappa shape index (κ3) is 3.91. The number of aromatic nitrogens is 4. The van der Waals surface area contributed by atoms with Crippen molar-refractivity contribution in [2.24, 2.45) is 0 Å². The van der Waals surface area contributed by atoms with Crippen molar-refractivity contribution in [3.05, 3.63) is 54.9 Å². The molecule has 154 valence electrons. The Morgan fingerprint density at radius 2 is 1.40 bits per heavy atom. The highest BCUT2D eigenvalue weighted by molar-refractivity contribution is 5.78. The minimum Gasteiger partial charge on any atom is -0.353 e. The number of benzene rings is 1. The summed E-state index contributed by atoms with van der Waals surface area (Å²) in [5.74, 6) is 2.70. The van der Waals surface area contributed by atoms with Gasteiger partial charge in [0.15, 0.2) is 11.6 Å². The average Bonchev–Trinajstić information content (AvgIpc) is 2.85. The Morgan fingerprint density at radius 1 is 0.700 bits per heavy atom. The van der Waals surface area contributed by atoms with Gasteiger partial charge in [-0.1, -0.05) is 30.3 Å². The molecule has 1 aromatic carbocycles. The largest absolute Gasteiger partial charge is 0.353 e. The standard InChI is InChI=1S/C22H26N8/c1-2-5-18(6-3-1)19-17-20(28-11-9-23-10-12-28)26-27-21(19)29-13-15-30(16-14-29)22-24-7-4-8-25-22/h1-8,17,23H,9-16H2. The second-order valence-electron chi connectivity index (χ2n) is 7.57. The van der Waals surface area contributed by atoms with Crippen LogP contribution in [-0.4, -0.2) is 72.5 Å². The summed E-state index contributed by atoms with van der Waals surface area (Å²) >= 11 is 0. The Labute approximate surface area is 176 Å². The van der Waals surface area contributed by atoms with E-state index in [1.165, 1.54) is 5.56 Å². The normalized spacial score (nSPS) is 17.3. The molecule has 2 aromatic heterocycles. The van der Waals surface area contributed by atoms with Crippen LogP contribution in [0.15, 0.2) is 54.9 Å². The van der Waals surface area contributed by atoms with E-state index in [0.717, 1.165) is 75.5 Å². The van der Waals surface area contributed by atoms with Crippen molar-refractivity contribution in [1.82, 2.24) is 25.5 Å². The zero-order valence-corrected chi connectivity index (χ0v) is 17.0. The van der Waals surface area contributed by atoms with Gasteiger partial charge in [0.1, 0.15) is 0 Å². The third-order valence-corrected chi connectivity index (χ3v) is 5.70. The number of anilines is 3. The molecule has 2 aliphatic rings. The van der Waals surface area contributed by atoms with Gasteiger partial charge < -0.3 is 20.0 Å². The van der Waals surface area contributed by atoms with Crippen molar-refractivity contribution >= 4 is 17.6 Å². The van der Waals surface area contributed by atoms with Crippen LogP contribution in [0.3, 0.4) is 0 Å². The van der Waals surface area contributed by atoms with Gasteiger partial charge in [-0.3, -0.25) is 0 Å². The van der Waals surface area contributed by atoms with Crippen molar-refractivity contribution in [3.63, 3.8) is 0 Å². The molecule has 2 fully saturated rings. The molecular formula is C22H26N8. The van der Waals surface area contributed by atoms with Gasteiger partial charge >= 0.3 is 0 Å². The summed E-state index contributed by atoms with van der Waals surface area (Å²) in [6.45, 7) is 7.32. The molecule has 0 aliphatic carbocycles. The summed E-state index contributed by atoms with van der Waals surface area (Å²) in [4.78, 5) is 15.6. The number of nitrogens with one attached hydrogen (secondary N) is 1. The molecule has 0 bridgehead atoms. The second-order valence-corrected chi connectivity index (χ2v) is 7.57. The number of piperazine rings is 2. The van der Waals surface area contributed by atoms with Gasteiger partial charge in [-0.2, -0.15) is 0 Å². The molecule has 3 aromatic rings. The van der Waals surface area contributed by atoms with Crippen LogP contribution in [0.4, 0.5) is 17.6 Å². The van der Waals surface area contributed by atoms with Gasteiger partial charge in [-0.15, -0.1) is 10.2 Å². The summed E-state index contributed by atoms with van der Waals surface area (Å²) in [7, 11) is 0. The van der Waals surface area contributed by atoms with E-state index in [-0.39, 0.29) is 0 Å². The van der Waals surface area contributed by atoms with Crippen molar-refractivity contribution < 1.29 is 0 Å². The lowest BCUT2D eigenvalue weighted by atomic mass is 10.1. The fraction of sp³-hybridized carbons (Fsp3) is 0.364. The Bertz CT molecular complexity index is 951. The van der Waals surface area contributed by atoms with Crippen LogP contribution in [0.2, 0.25) is 0 Å². The second kappa shape index (κ2) is 8.62. The first-order valence-electron chi connectivity index (χ1n) is 10.5. The first-order chi connectivity index (χ1) is 14.9. The zero-order valence-electron chi connectivity index (χ0n) is 17.0. The molecule has 8 nitrogen and oxygen atoms in total. The average molecular weight is 403 g/mol. The quantitative estimate of drug-likeness (QED) is 0.707. The van der Waals surface area contributed by atoms with Crippen LogP contribution < -0.4 is 20.0 Å². The van der Waals surface area contributed by atoms with Crippen LogP contribution in [0.25, 0.3) is 11.1 Å². The molecule has 5 rings (SSSR count). The minimum absolute atomic E-state index is 0.792. The SMILES string of the molecule is c1ccc(-c2cc(N3CCNCC3)nnc2N2CCN(c3ncccn3)CC2)cc1. The van der Waals surface area contributed by atoms with E-state index in [1.54, 1.807) is 12.4 Å². The van der Waals surface area contributed by atoms with Crippen LogP contribution in [0, 0.1) is 0 Å². The fourth-order valence-corrected chi connectivity index (χ4v) is 4.06. The van der Waals surface area contributed by atoms with Crippen LogP contribution in [0.5, 0.6) is 0 Å². The van der Waals surface area contributed by atoms with E-state index < -0.39 is 0 Å². The van der Waals surface area contributed by atoms with Crippen molar-refractivity contribution in [1.29, 1.82) is 0 Å². The number of hydrogen-bond donors (Lipinski definition) is 1. The summed E-state index contributed by atoms with van der Waals surface area (Å²) in [6.07, 6.45) is 3.59. The van der Waals surface area contributed by atoms with E-state index in [9.17, 15) is 0 Å². The summed E-state index contributed by atoms with van der Waals surface area (Å²) in [5, 5.41) is 12.7. The molecule has 30 heavy (non-hydrogen) atoms. The van der Waals surface area contributed by atoms with Crippen molar-refractivity contribution in [2.45, 2.75) is 0 Å². The Kier molecular flexibility index (Phi) is 5.39. The van der Waals surface area contributed by atoms with Gasteiger partial charge in [0, 0.05) is 70.3 Å². The van der Waals surface area contributed by atoms with Crippen LogP contribution >= 0.6 is 0 Å². The highest BCUT2D eigenvalue weighted by atomic mass is 15.4. The molecule has 0 spiro atoms. The molecular weight excluding hydrogens is 376 g/mol. The lowest BCUT2D eigenvalue weighted by molar-refractivity contribution is 0.582. The van der Waals surface area contributed by atoms with E-state index in [4.69, 9.17) is 5.10 Å². The first-order valence-corrected chi connectivity index (χ1v) is 10.5. The first kappa shape index (κ1) is 18.7. The van der Waals surface area contributed by atoms with E-state index in [0.29, 0.717) is 0 Å². The Balaban J connectivity index is 1.41. The Morgan fingerprint density at radius 3 is 2.13 bits per heavy atom. The number of nitrogens with zero attached hydrogens (tertiary/aromatic N) is 7. The fourth-order valence-electron chi connectivity index (χ4n) is 4.06. The number of hydrogen-bond acceptors (Lipinski definition) is 8. The highest BCUT2D eigenvalue weighted by Gasteiger charge is 2.24. The third-order valence-electron chi connectivity index (χ3n) is 5.70. The van der Waals surface area contributed by atoms with Gasteiger partial charge in [0.05, 0.1) is 0 Å². The van der Waals surface area contributed by atoms with E-state index in [2.05, 4.69) is 65.4 Å². The topological polar surface area (TPSA) is 73.3 Å². The molecule has 2 aliphatic heterocycles. The van der Waals surface area contributed by atoms with Gasteiger partial charge in [0.25, 0.3) is 0 Å². The van der Waals surface area contributed by atoms with Crippen molar-refractivity contribution in [2.75, 3.05) is 67.1 Å².